The van der Waals surface area contributed by atoms with E-state index in [1.54, 1.807) is 13.0 Å². The van der Waals surface area contributed by atoms with E-state index in [4.69, 9.17) is 4.74 Å². The van der Waals surface area contributed by atoms with Crippen molar-refractivity contribution in [2.24, 2.45) is 0 Å². The molecule has 0 radical (unpaired) electrons. The van der Waals surface area contributed by atoms with Gasteiger partial charge in [0.15, 0.2) is 6.10 Å². The van der Waals surface area contributed by atoms with Crippen LogP contribution in [0.2, 0.25) is 0 Å². The highest BCUT2D eigenvalue weighted by Crippen LogP contribution is 2.23. The molecule has 0 fully saturated rings. The lowest BCUT2D eigenvalue weighted by molar-refractivity contribution is -0.140. The maximum Gasteiger partial charge on any atom is 0.331 e. The zero-order valence-corrected chi connectivity index (χ0v) is 15.6. The first-order valence-electron chi connectivity index (χ1n) is 8.33. The number of ether oxygens (including phenoxy) is 1. The summed E-state index contributed by atoms with van der Waals surface area (Å²) in [6.45, 7) is 1.61. The van der Waals surface area contributed by atoms with Crippen molar-refractivity contribution in [3.63, 3.8) is 0 Å². The van der Waals surface area contributed by atoms with Gasteiger partial charge in [-0.25, -0.2) is 4.79 Å². The Hall–Kier alpha value is -2.20. The van der Waals surface area contributed by atoms with E-state index in [0.717, 1.165) is 29.3 Å². The molecule has 2 aromatic rings. The molecule has 128 valence electrons. The van der Waals surface area contributed by atoms with Crippen LogP contribution in [0.1, 0.15) is 40.4 Å². The van der Waals surface area contributed by atoms with Crippen molar-refractivity contribution in [3.05, 3.63) is 75.3 Å². The molecule has 0 heterocycles. The topological polar surface area (TPSA) is 43.4 Å². The summed E-state index contributed by atoms with van der Waals surface area (Å²) in [5.41, 5.74) is 4.05. The van der Waals surface area contributed by atoms with Crippen LogP contribution in [-0.2, 0) is 22.4 Å². The van der Waals surface area contributed by atoms with Crippen LogP contribution in [0.5, 0.6) is 0 Å². The van der Waals surface area contributed by atoms with Crippen LogP contribution < -0.4 is 0 Å². The molecule has 0 N–H and O–H groups in total. The summed E-state index contributed by atoms with van der Waals surface area (Å²) >= 11 is 3.36. The van der Waals surface area contributed by atoms with Crippen LogP contribution >= 0.6 is 15.9 Å². The van der Waals surface area contributed by atoms with E-state index in [-0.39, 0.29) is 5.78 Å². The maximum absolute atomic E-state index is 12.5. The smallest absolute Gasteiger partial charge is 0.331 e. The quantitative estimate of drug-likeness (QED) is 0.414. The van der Waals surface area contributed by atoms with Gasteiger partial charge >= 0.3 is 5.97 Å². The molecule has 25 heavy (non-hydrogen) atoms. The van der Waals surface area contributed by atoms with Gasteiger partial charge in [0.05, 0.1) is 0 Å². The molecule has 0 saturated carbocycles. The second-order valence-corrected chi connectivity index (χ2v) is 7.08. The zero-order chi connectivity index (χ0) is 17.8. The van der Waals surface area contributed by atoms with Gasteiger partial charge in [0.1, 0.15) is 0 Å². The number of aryl methyl sites for hydroxylation is 2. The first kappa shape index (κ1) is 17.6. The standard InChI is InChI=1S/C21H19BrO3/c1-14(21(24)18-9-8-16-3-2-4-17(16)13-18)25-20(23)12-7-15-5-10-19(22)11-6-15/h5-14H,2-4H2,1H3/b12-7+/t14-/m0/s1. The highest BCUT2D eigenvalue weighted by molar-refractivity contribution is 9.10. The van der Waals surface area contributed by atoms with Gasteiger partial charge in [-0.1, -0.05) is 40.2 Å². The first-order valence-corrected chi connectivity index (χ1v) is 9.12. The average Bonchev–Trinajstić information content (AvgIpc) is 3.08. The van der Waals surface area contributed by atoms with Crippen molar-refractivity contribution in [1.82, 2.24) is 0 Å². The lowest BCUT2D eigenvalue weighted by Gasteiger charge is -2.12. The second-order valence-electron chi connectivity index (χ2n) is 6.17. The predicted molar refractivity (Wildman–Crippen MR) is 102 cm³/mol. The lowest BCUT2D eigenvalue weighted by Crippen LogP contribution is -2.23. The van der Waals surface area contributed by atoms with E-state index in [1.807, 2.05) is 42.5 Å². The van der Waals surface area contributed by atoms with Crippen LogP contribution in [0.15, 0.2) is 53.0 Å². The van der Waals surface area contributed by atoms with Gasteiger partial charge in [-0.2, -0.15) is 0 Å². The van der Waals surface area contributed by atoms with E-state index in [1.165, 1.54) is 17.2 Å². The minimum atomic E-state index is -0.804. The van der Waals surface area contributed by atoms with Gasteiger partial charge in [0, 0.05) is 16.1 Å². The third-order valence-corrected chi connectivity index (χ3v) is 4.86. The second kappa shape index (κ2) is 7.79. The van der Waals surface area contributed by atoms with Crippen LogP contribution in [0.25, 0.3) is 6.08 Å². The highest BCUT2D eigenvalue weighted by Gasteiger charge is 2.20. The van der Waals surface area contributed by atoms with Crippen molar-refractivity contribution in [1.29, 1.82) is 0 Å². The summed E-state index contributed by atoms with van der Waals surface area (Å²) in [7, 11) is 0. The van der Waals surface area contributed by atoms with E-state index < -0.39 is 12.1 Å². The first-order chi connectivity index (χ1) is 12.0. The highest BCUT2D eigenvalue weighted by atomic mass is 79.9. The Kier molecular flexibility index (Phi) is 5.49. The van der Waals surface area contributed by atoms with Gasteiger partial charge < -0.3 is 4.74 Å². The molecule has 3 rings (SSSR count). The number of ketones is 1. The van der Waals surface area contributed by atoms with Crippen molar-refractivity contribution in [3.8, 4) is 0 Å². The number of hydrogen-bond acceptors (Lipinski definition) is 3. The molecule has 3 nitrogen and oxygen atoms in total. The van der Waals surface area contributed by atoms with E-state index in [9.17, 15) is 9.59 Å². The number of carbonyl (C=O) groups excluding carboxylic acids is 2. The van der Waals surface area contributed by atoms with E-state index >= 15 is 0 Å². The fourth-order valence-corrected chi connectivity index (χ4v) is 3.23. The molecule has 1 aliphatic carbocycles. The molecular formula is C21H19BrO3. The summed E-state index contributed by atoms with van der Waals surface area (Å²) in [6.07, 6.45) is 5.44. The molecule has 1 atom stereocenters. The summed E-state index contributed by atoms with van der Waals surface area (Å²) in [5.74, 6) is -0.690. The lowest BCUT2D eigenvalue weighted by atomic mass is 10.0. The minimum Gasteiger partial charge on any atom is -0.451 e. The Morgan fingerprint density at radius 3 is 2.56 bits per heavy atom. The number of carbonyl (C=O) groups is 2. The minimum absolute atomic E-state index is 0.167. The maximum atomic E-state index is 12.5. The molecule has 0 aliphatic heterocycles. The van der Waals surface area contributed by atoms with Gasteiger partial charge in [-0.05, 0) is 67.2 Å². The third-order valence-electron chi connectivity index (χ3n) is 4.33. The molecule has 0 saturated heterocycles. The monoisotopic (exact) mass is 398 g/mol. The van der Waals surface area contributed by atoms with Crippen LogP contribution in [0.3, 0.4) is 0 Å². The molecule has 0 bridgehead atoms. The number of halogens is 1. The Balaban J connectivity index is 1.61. The molecule has 2 aromatic carbocycles. The predicted octanol–water partition coefficient (Wildman–Crippen LogP) is 4.77. The average molecular weight is 399 g/mol. The summed E-state index contributed by atoms with van der Waals surface area (Å²) in [6, 6.07) is 13.3. The number of Topliss-reactive ketones (excluding diaryl/α,β-unsaturated/α-hetero) is 1. The van der Waals surface area contributed by atoms with E-state index in [2.05, 4.69) is 15.9 Å². The van der Waals surface area contributed by atoms with E-state index in [0.29, 0.717) is 5.56 Å². The van der Waals surface area contributed by atoms with Crippen molar-refractivity contribution in [2.45, 2.75) is 32.3 Å². The summed E-state index contributed by atoms with van der Waals surface area (Å²) in [4.78, 5) is 24.4. The number of hydrogen-bond donors (Lipinski definition) is 0. The Morgan fingerprint density at radius 2 is 1.80 bits per heavy atom. The Morgan fingerprint density at radius 1 is 1.08 bits per heavy atom. The van der Waals surface area contributed by atoms with Crippen molar-refractivity contribution in [2.75, 3.05) is 0 Å². The van der Waals surface area contributed by atoms with Gasteiger partial charge in [0.2, 0.25) is 5.78 Å². The van der Waals surface area contributed by atoms with Gasteiger partial charge in [-0.3, -0.25) is 4.79 Å². The number of benzene rings is 2. The molecule has 1 aliphatic rings. The van der Waals surface area contributed by atoms with Crippen LogP contribution in [0.4, 0.5) is 0 Å². The zero-order valence-electron chi connectivity index (χ0n) is 14.0. The summed E-state index contributed by atoms with van der Waals surface area (Å²) in [5, 5.41) is 0. The van der Waals surface area contributed by atoms with Crippen molar-refractivity contribution < 1.29 is 14.3 Å². The van der Waals surface area contributed by atoms with Crippen molar-refractivity contribution >= 4 is 33.8 Å². The molecule has 4 heteroatoms. The fourth-order valence-electron chi connectivity index (χ4n) is 2.96. The Labute approximate surface area is 155 Å². The SMILES string of the molecule is C[C@H](OC(=O)/C=C/c1ccc(Br)cc1)C(=O)c1ccc2c(c1)CCC2. The largest absolute Gasteiger partial charge is 0.451 e. The normalized spacial score (nSPS) is 14.3. The molecular weight excluding hydrogens is 380 g/mol. The summed E-state index contributed by atoms with van der Waals surface area (Å²) < 4.78 is 6.22. The number of fused-ring (bicyclic) bond motifs is 1. The number of esters is 1. The van der Waals surface area contributed by atoms with Gasteiger partial charge in [-0.15, -0.1) is 0 Å². The molecule has 0 spiro atoms. The molecule has 0 aromatic heterocycles. The number of rotatable bonds is 5. The molecule has 0 unspecified atom stereocenters. The Bertz CT molecular complexity index is 822. The fraction of sp³-hybridized carbons (Fsp3) is 0.238. The molecule has 0 amide bonds. The third kappa shape index (κ3) is 4.45. The van der Waals surface area contributed by atoms with Crippen LogP contribution in [0, 0.1) is 0 Å². The van der Waals surface area contributed by atoms with Crippen LogP contribution in [-0.4, -0.2) is 17.9 Å². The van der Waals surface area contributed by atoms with Gasteiger partial charge in [0.25, 0.3) is 0 Å².